The van der Waals surface area contributed by atoms with Gasteiger partial charge in [0.2, 0.25) is 0 Å². The summed E-state index contributed by atoms with van der Waals surface area (Å²) in [5.74, 6) is 0.716. The smallest absolute Gasteiger partial charge is 0.321 e. The molecular formula is C11H20N4O. The Kier molecular flexibility index (Phi) is 3.77. The average Bonchev–Trinajstić information content (AvgIpc) is 2.73. The first-order chi connectivity index (χ1) is 7.81. The molecule has 0 bridgehead atoms. The predicted octanol–water partition coefficient (Wildman–Crippen LogP) is 1.35. The van der Waals surface area contributed by atoms with E-state index in [0.717, 1.165) is 19.5 Å². The fourth-order valence-corrected chi connectivity index (χ4v) is 2.27. The fourth-order valence-electron chi connectivity index (χ4n) is 2.27. The van der Waals surface area contributed by atoms with Crippen LogP contribution in [0.25, 0.3) is 0 Å². The van der Waals surface area contributed by atoms with Crippen LogP contribution in [-0.4, -0.2) is 36.3 Å². The molecule has 5 heteroatoms. The van der Waals surface area contributed by atoms with Crippen LogP contribution in [0, 0.1) is 6.92 Å². The van der Waals surface area contributed by atoms with Gasteiger partial charge in [-0.25, -0.2) is 0 Å². The molecule has 0 spiro atoms. The Balaban J connectivity index is 2.04. The zero-order valence-corrected chi connectivity index (χ0v) is 10.1. The van der Waals surface area contributed by atoms with Crippen molar-refractivity contribution >= 4 is 6.01 Å². The molecule has 0 aliphatic carbocycles. The first kappa shape index (κ1) is 11.4. The lowest BCUT2D eigenvalue weighted by atomic mass is 10.00. The van der Waals surface area contributed by atoms with Crippen molar-refractivity contribution in [3.05, 3.63) is 5.82 Å². The number of nitrogens with zero attached hydrogens (tertiary/aromatic N) is 3. The number of aryl methyl sites for hydroxylation is 1. The molecule has 1 aliphatic heterocycles. The molecule has 0 amide bonds. The molecule has 2 rings (SSSR count). The van der Waals surface area contributed by atoms with Gasteiger partial charge in [0.25, 0.3) is 0 Å². The zero-order valence-electron chi connectivity index (χ0n) is 10.1. The highest BCUT2D eigenvalue weighted by atomic mass is 16.5. The maximum atomic E-state index is 5.26. The van der Waals surface area contributed by atoms with Crippen molar-refractivity contribution in [1.82, 2.24) is 15.5 Å². The summed E-state index contributed by atoms with van der Waals surface area (Å²) in [7, 11) is 1.99. The van der Waals surface area contributed by atoms with Gasteiger partial charge in [-0.2, -0.15) is 4.98 Å². The van der Waals surface area contributed by atoms with Gasteiger partial charge in [-0.15, -0.1) is 0 Å². The van der Waals surface area contributed by atoms with Gasteiger partial charge in [-0.3, -0.25) is 0 Å². The molecule has 1 aromatic rings. The van der Waals surface area contributed by atoms with Gasteiger partial charge < -0.3 is 14.7 Å². The van der Waals surface area contributed by atoms with Gasteiger partial charge in [-0.05, 0) is 46.2 Å². The number of hydrogen-bond acceptors (Lipinski definition) is 5. The third kappa shape index (κ3) is 2.52. The summed E-state index contributed by atoms with van der Waals surface area (Å²) in [6.45, 7) is 3.93. The highest BCUT2D eigenvalue weighted by molar-refractivity contribution is 5.28. The minimum absolute atomic E-state index is 0.543. The van der Waals surface area contributed by atoms with Gasteiger partial charge >= 0.3 is 6.01 Å². The number of rotatable bonds is 4. The summed E-state index contributed by atoms with van der Waals surface area (Å²) in [6.07, 6.45) is 4.89. The van der Waals surface area contributed by atoms with E-state index >= 15 is 0 Å². The van der Waals surface area contributed by atoms with Gasteiger partial charge in [0.1, 0.15) is 0 Å². The third-order valence-corrected chi connectivity index (χ3v) is 3.12. The van der Waals surface area contributed by atoms with Gasteiger partial charge in [0, 0.05) is 12.6 Å². The molecule has 0 saturated carbocycles. The van der Waals surface area contributed by atoms with Gasteiger partial charge in [0.15, 0.2) is 5.82 Å². The average molecular weight is 224 g/mol. The van der Waals surface area contributed by atoms with Gasteiger partial charge in [-0.1, -0.05) is 5.16 Å². The zero-order chi connectivity index (χ0) is 11.4. The van der Waals surface area contributed by atoms with Crippen LogP contribution in [0.2, 0.25) is 0 Å². The summed E-state index contributed by atoms with van der Waals surface area (Å²) in [4.78, 5) is 6.59. The van der Waals surface area contributed by atoms with Crippen LogP contribution in [0.3, 0.4) is 0 Å². The highest BCUT2D eigenvalue weighted by Gasteiger charge is 2.25. The second-order valence-corrected chi connectivity index (χ2v) is 4.36. The summed E-state index contributed by atoms with van der Waals surface area (Å²) in [5.41, 5.74) is 0. The largest absolute Gasteiger partial charge is 0.324 e. The molecule has 5 nitrogen and oxygen atoms in total. The molecule has 1 N–H and O–H groups in total. The van der Waals surface area contributed by atoms with E-state index in [4.69, 9.17) is 4.52 Å². The second kappa shape index (κ2) is 5.30. The molecule has 0 aromatic carbocycles. The van der Waals surface area contributed by atoms with E-state index in [2.05, 4.69) is 20.4 Å². The van der Waals surface area contributed by atoms with Crippen LogP contribution >= 0.6 is 0 Å². The molecule has 1 aromatic heterocycles. The lowest BCUT2D eigenvalue weighted by molar-refractivity contribution is 0.361. The Hall–Kier alpha value is -1.10. The lowest BCUT2D eigenvalue weighted by Gasteiger charge is -2.34. The Labute approximate surface area is 96.2 Å². The van der Waals surface area contributed by atoms with E-state index in [9.17, 15) is 0 Å². The number of nitrogens with one attached hydrogen (secondary N) is 1. The van der Waals surface area contributed by atoms with E-state index in [0.29, 0.717) is 17.9 Å². The number of hydrogen-bond donors (Lipinski definition) is 1. The maximum absolute atomic E-state index is 5.26. The molecular weight excluding hydrogens is 204 g/mol. The van der Waals surface area contributed by atoms with Gasteiger partial charge in [0.05, 0.1) is 0 Å². The van der Waals surface area contributed by atoms with Crippen LogP contribution in [0.15, 0.2) is 4.52 Å². The fraction of sp³-hybridized carbons (Fsp3) is 0.818. The van der Waals surface area contributed by atoms with Crippen molar-refractivity contribution in [1.29, 1.82) is 0 Å². The first-order valence-electron chi connectivity index (χ1n) is 6.03. The monoisotopic (exact) mass is 224 g/mol. The summed E-state index contributed by atoms with van der Waals surface area (Å²) >= 11 is 0. The lowest BCUT2D eigenvalue weighted by Crippen LogP contribution is -2.41. The normalized spacial score (nSPS) is 21.4. The first-order valence-corrected chi connectivity index (χ1v) is 6.03. The van der Waals surface area contributed by atoms with E-state index in [1.807, 2.05) is 14.0 Å². The summed E-state index contributed by atoms with van der Waals surface area (Å²) < 4.78 is 5.26. The van der Waals surface area contributed by atoms with Crippen molar-refractivity contribution in [2.75, 3.05) is 25.0 Å². The maximum Gasteiger partial charge on any atom is 0.324 e. The number of anilines is 1. The van der Waals surface area contributed by atoms with E-state index in [1.54, 1.807) is 0 Å². The second-order valence-electron chi connectivity index (χ2n) is 4.36. The van der Waals surface area contributed by atoms with Crippen LogP contribution in [0.4, 0.5) is 6.01 Å². The Morgan fingerprint density at radius 3 is 3.06 bits per heavy atom. The van der Waals surface area contributed by atoms with Crippen molar-refractivity contribution in [2.45, 2.75) is 38.6 Å². The van der Waals surface area contributed by atoms with Crippen molar-refractivity contribution in [3.63, 3.8) is 0 Å². The minimum atomic E-state index is 0.543. The Bertz CT molecular complexity index is 326. The molecule has 16 heavy (non-hydrogen) atoms. The van der Waals surface area contributed by atoms with Crippen LogP contribution in [0.5, 0.6) is 0 Å². The molecule has 90 valence electrons. The molecule has 1 saturated heterocycles. The Morgan fingerprint density at radius 2 is 2.38 bits per heavy atom. The van der Waals surface area contributed by atoms with E-state index < -0.39 is 0 Å². The molecule has 1 unspecified atom stereocenters. The number of piperidine rings is 1. The number of aromatic nitrogens is 2. The van der Waals surface area contributed by atoms with Crippen LogP contribution in [-0.2, 0) is 0 Å². The predicted molar refractivity (Wildman–Crippen MR) is 62.6 cm³/mol. The molecule has 2 heterocycles. The third-order valence-electron chi connectivity index (χ3n) is 3.12. The Morgan fingerprint density at radius 1 is 1.50 bits per heavy atom. The molecule has 1 atom stereocenters. The molecule has 1 aliphatic rings. The standard InChI is InChI=1S/C11H20N4O/c1-9-13-11(16-14-9)15-8-4-3-5-10(15)6-7-12-2/h10,12H,3-8H2,1-2H3. The topological polar surface area (TPSA) is 54.2 Å². The van der Waals surface area contributed by atoms with E-state index in [-0.39, 0.29) is 0 Å². The van der Waals surface area contributed by atoms with Crippen molar-refractivity contribution in [2.24, 2.45) is 0 Å². The summed E-state index contributed by atoms with van der Waals surface area (Å²) in [6, 6.07) is 1.24. The van der Waals surface area contributed by atoms with Crippen molar-refractivity contribution in [3.8, 4) is 0 Å². The quantitative estimate of drug-likeness (QED) is 0.836. The van der Waals surface area contributed by atoms with Crippen LogP contribution in [0.1, 0.15) is 31.5 Å². The van der Waals surface area contributed by atoms with E-state index in [1.165, 1.54) is 19.3 Å². The minimum Gasteiger partial charge on any atom is -0.321 e. The molecule has 1 fully saturated rings. The highest BCUT2D eigenvalue weighted by Crippen LogP contribution is 2.24. The SMILES string of the molecule is CNCCC1CCCCN1c1nc(C)no1. The summed E-state index contributed by atoms with van der Waals surface area (Å²) in [5, 5.41) is 7.06. The molecule has 0 radical (unpaired) electrons. The van der Waals surface area contributed by atoms with Crippen LogP contribution < -0.4 is 10.2 Å². The van der Waals surface area contributed by atoms with Crippen molar-refractivity contribution < 1.29 is 4.52 Å².